The fourth-order valence-corrected chi connectivity index (χ4v) is 3.92. The first-order valence-corrected chi connectivity index (χ1v) is 8.33. The number of halogens is 2. The molecule has 0 spiro atoms. The van der Waals surface area contributed by atoms with E-state index in [0.717, 1.165) is 29.5 Å². The molecule has 2 rings (SSSR count). The van der Waals surface area contributed by atoms with Gasteiger partial charge in [-0.05, 0) is 30.3 Å². The fourth-order valence-electron chi connectivity index (χ4n) is 1.52. The van der Waals surface area contributed by atoms with Crippen molar-refractivity contribution < 1.29 is 17.2 Å². The van der Waals surface area contributed by atoms with Crippen LogP contribution in [0.2, 0.25) is 0 Å². The van der Waals surface area contributed by atoms with Gasteiger partial charge in [0.15, 0.2) is 0 Å². The van der Waals surface area contributed by atoms with E-state index in [0.29, 0.717) is 4.88 Å². The molecule has 0 saturated carbocycles. The Hall–Kier alpha value is -1.42. The predicted molar refractivity (Wildman–Crippen MR) is 80.6 cm³/mol. The van der Waals surface area contributed by atoms with E-state index >= 15 is 0 Å². The quantitative estimate of drug-likeness (QED) is 0.812. The molecule has 21 heavy (non-hydrogen) atoms. The second kappa shape index (κ2) is 6.14. The number of hydrogen-bond acceptors (Lipinski definition) is 4. The third-order valence-corrected chi connectivity index (χ3v) is 5.91. The van der Waals surface area contributed by atoms with Crippen molar-refractivity contribution in [2.24, 2.45) is 5.73 Å². The van der Waals surface area contributed by atoms with E-state index in [2.05, 4.69) is 4.72 Å². The minimum absolute atomic E-state index is 0.00195. The number of nitrogens with one attached hydrogen (secondary N) is 1. The Bertz CT molecular complexity index is 788. The molecule has 0 bridgehead atoms. The maximum Gasteiger partial charge on any atom is 0.250 e. The molecule has 0 unspecified atom stereocenters. The number of nitrogens with two attached hydrogens (primary N) is 1. The third-order valence-electron chi connectivity index (χ3n) is 2.55. The summed E-state index contributed by atoms with van der Waals surface area (Å²) < 4.78 is 52.7. The molecule has 0 aliphatic rings. The Balaban J connectivity index is 2.17. The van der Waals surface area contributed by atoms with E-state index in [1.54, 1.807) is 0 Å². The van der Waals surface area contributed by atoms with Gasteiger partial charge < -0.3 is 5.73 Å². The zero-order chi connectivity index (χ0) is 15.6. The SMILES string of the molecule is NC(=S)c1ccc(S(=O)(=O)NCc2cc(F)ccc2F)s1. The lowest BCUT2D eigenvalue weighted by Crippen LogP contribution is -2.23. The van der Waals surface area contributed by atoms with Gasteiger partial charge >= 0.3 is 0 Å². The molecule has 3 N–H and O–H groups in total. The van der Waals surface area contributed by atoms with Gasteiger partial charge in [0.25, 0.3) is 0 Å². The Kier molecular flexibility index (Phi) is 4.67. The summed E-state index contributed by atoms with van der Waals surface area (Å²) in [5.74, 6) is -1.33. The van der Waals surface area contributed by atoms with Gasteiger partial charge in [-0.3, -0.25) is 0 Å². The van der Waals surface area contributed by atoms with Crippen LogP contribution < -0.4 is 10.5 Å². The highest BCUT2D eigenvalue weighted by molar-refractivity contribution is 7.91. The average Bonchev–Trinajstić information content (AvgIpc) is 2.90. The topological polar surface area (TPSA) is 72.2 Å². The monoisotopic (exact) mass is 348 g/mol. The highest BCUT2D eigenvalue weighted by Gasteiger charge is 2.18. The van der Waals surface area contributed by atoms with Crippen molar-refractivity contribution in [2.45, 2.75) is 10.8 Å². The normalized spacial score (nSPS) is 11.5. The van der Waals surface area contributed by atoms with Gasteiger partial charge in [-0.2, -0.15) is 0 Å². The summed E-state index contributed by atoms with van der Waals surface area (Å²) in [6.45, 7) is -0.355. The summed E-state index contributed by atoms with van der Waals surface area (Å²) in [5.41, 5.74) is 5.33. The molecule has 1 aromatic carbocycles. The van der Waals surface area contributed by atoms with E-state index < -0.39 is 21.7 Å². The summed E-state index contributed by atoms with van der Waals surface area (Å²) in [6, 6.07) is 5.68. The van der Waals surface area contributed by atoms with Crippen molar-refractivity contribution in [3.8, 4) is 0 Å². The van der Waals surface area contributed by atoms with Crippen molar-refractivity contribution in [3.63, 3.8) is 0 Å². The van der Waals surface area contributed by atoms with Crippen LogP contribution in [0.4, 0.5) is 8.78 Å². The van der Waals surface area contributed by atoms with E-state index in [1.807, 2.05) is 0 Å². The second-order valence-corrected chi connectivity index (χ2v) is 7.56. The van der Waals surface area contributed by atoms with Crippen LogP contribution in [0, 0.1) is 11.6 Å². The van der Waals surface area contributed by atoms with Gasteiger partial charge in [0.2, 0.25) is 10.0 Å². The molecule has 0 radical (unpaired) electrons. The molecule has 0 amide bonds. The Morgan fingerprint density at radius 2 is 2.00 bits per heavy atom. The van der Waals surface area contributed by atoms with E-state index in [1.165, 1.54) is 12.1 Å². The maximum atomic E-state index is 13.4. The summed E-state index contributed by atoms with van der Waals surface area (Å²) in [4.78, 5) is 0.555. The number of thiocarbonyl (C=S) groups is 1. The second-order valence-electron chi connectivity index (χ2n) is 4.04. The summed E-state index contributed by atoms with van der Waals surface area (Å²) in [6.07, 6.45) is 0. The third kappa shape index (κ3) is 3.82. The zero-order valence-corrected chi connectivity index (χ0v) is 12.9. The molecule has 0 atom stereocenters. The van der Waals surface area contributed by atoms with Gasteiger partial charge in [-0.15, -0.1) is 11.3 Å². The molecular formula is C12H10F2N2O2S3. The predicted octanol–water partition coefficient (Wildman–Crippen LogP) is 2.14. The van der Waals surface area contributed by atoms with Crippen LogP contribution in [0.3, 0.4) is 0 Å². The van der Waals surface area contributed by atoms with Crippen LogP contribution in [0.15, 0.2) is 34.5 Å². The van der Waals surface area contributed by atoms with Crippen LogP contribution >= 0.6 is 23.6 Å². The van der Waals surface area contributed by atoms with Gasteiger partial charge in [-0.25, -0.2) is 21.9 Å². The van der Waals surface area contributed by atoms with E-state index in [-0.39, 0.29) is 21.3 Å². The highest BCUT2D eigenvalue weighted by Crippen LogP contribution is 2.21. The van der Waals surface area contributed by atoms with Crippen LogP contribution in [-0.4, -0.2) is 13.4 Å². The Labute approximate surface area is 129 Å². The van der Waals surface area contributed by atoms with Gasteiger partial charge in [0, 0.05) is 12.1 Å². The lowest BCUT2D eigenvalue weighted by Gasteiger charge is -2.06. The molecule has 112 valence electrons. The molecular weight excluding hydrogens is 338 g/mol. The number of sulfonamides is 1. The number of hydrogen-bond donors (Lipinski definition) is 2. The molecule has 4 nitrogen and oxygen atoms in total. The first kappa shape index (κ1) is 16.0. The Morgan fingerprint density at radius 3 is 2.62 bits per heavy atom. The van der Waals surface area contributed by atoms with E-state index in [4.69, 9.17) is 18.0 Å². The Morgan fingerprint density at radius 1 is 1.29 bits per heavy atom. The molecule has 2 aromatic rings. The molecule has 0 aliphatic carbocycles. The fraction of sp³-hybridized carbons (Fsp3) is 0.0833. The van der Waals surface area contributed by atoms with Gasteiger partial charge in [0.05, 0.1) is 4.88 Å². The maximum absolute atomic E-state index is 13.4. The van der Waals surface area contributed by atoms with Crippen molar-refractivity contribution in [1.82, 2.24) is 4.72 Å². The zero-order valence-electron chi connectivity index (χ0n) is 10.5. The van der Waals surface area contributed by atoms with Crippen molar-refractivity contribution in [1.29, 1.82) is 0 Å². The minimum atomic E-state index is -3.84. The van der Waals surface area contributed by atoms with Gasteiger partial charge in [0.1, 0.15) is 20.8 Å². The smallest absolute Gasteiger partial charge is 0.250 e. The van der Waals surface area contributed by atoms with Crippen LogP contribution in [-0.2, 0) is 16.6 Å². The molecule has 1 aromatic heterocycles. The largest absolute Gasteiger partial charge is 0.389 e. The molecule has 9 heteroatoms. The van der Waals surface area contributed by atoms with Gasteiger partial charge in [-0.1, -0.05) is 12.2 Å². The number of thiophene rings is 1. The molecule has 1 heterocycles. The van der Waals surface area contributed by atoms with Crippen molar-refractivity contribution >= 4 is 38.6 Å². The van der Waals surface area contributed by atoms with Crippen molar-refractivity contribution in [3.05, 3.63) is 52.4 Å². The van der Waals surface area contributed by atoms with Crippen LogP contribution in [0.5, 0.6) is 0 Å². The number of benzene rings is 1. The first-order valence-electron chi connectivity index (χ1n) is 5.63. The average molecular weight is 348 g/mol. The van der Waals surface area contributed by atoms with Crippen LogP contribution in [0.1, 0.15) is 10.4 Å². The van der Waals surface area contributed by atoms with E-state index in [9.17, 15) is 17.2 Å². The molecule has 0 fully saturated rings. The molecule has 0 saturated heterocycles. The standard InChI is InChI=1S/C12H10F2N2O2S3/c13-8-1-2-9(14)7(5-8)6-16-21(17,18)11-4-3-10(20-11)12(15)19/h1-5,16H,6H2,(H2,15,19). The van der Waals surface area contributed by atoms with Crippen molar-refractivity contribution in [2.75, 3.05) is 0 Å². The highest BCUT2D eigenvalue weighted by atomic mass is 32.2. The molecule has 0 aliphatic heterocycles. The summed E-state index contributed by atoms with van der Waals surface area (Å²) in [5, 5.41) is 0. The lowest BCUT2D eigenvalue weighted by atomic mass is 10.2. The first-order chi connectivity index (χ1) is 9.79. The summed E-state index contributed by atoms with van der Waals surface area (Å²) in [7, 11) is -3.84. The van der Waals surface area contributed by atoms with Crippen LogP contribution in [0.25, 0.3) is 0 Å². The lowest BCUT2D eigenvalue weighted by molar-refractivity contribution is 0.568. The number of rotatable bonds is 5. The summed E-state index contributed by atoms with van der Waals surface area (Å²) >= 11 is 5.66. The minimum Gasteiger partial charge on any atom is -0.389 e.